The van der Waals surface area contributed by atoms with E-state index in [9.17, 15) is 4.79 Å². The Bertz CT molecular complexity index is 588. The van der Waals surface area contributed by atoms with E-state index < -0.39 is 0 Å². The van der Waals surface area contributed by atoms with Crippen LogP contribution < -0.4 is 15.0 Å². The van der Waals surface area contributed by atoms with Crippen LogP contribution in [-0.4, -0.2) is 44.2 Å². The summed E-state index contributed by atoms with van der Waals surface area (Å²) >= 11 is 0. The van der Waals surface area contributed by atoms with Crippen LogP contribution in [0, 0.1) is 5.92 Å². The van der Waals surface area contributed by atoms with E-state index >= 15 is 0 Å². The molecule has 1 aliphatic carbocycles. The number of benzene rings is 1. The quantitative estimate of drug-likeness (QED) is 0.929. The number of methoxy groups -OCH3 is 1. The zero-order valence-electron chi connectivity index (χ0n) is 13.9. The molecule has 5 heteroatoms. The number of hydrogen-bond acceptors (Lipinski definition) is 3. The van der Waals surface area contributed by atoms with Gasteiger partial charge in [-0.1, -0.05) is 17.7 Å². The number of ether oxygens (including phenoxy) is 1. The Morgan fingerprint density at radius 1 is 1.22 bits per heavy atom. The Balaban J connectivity index is 1.53. The lowest BCUT2D eigenvalue weighted by Crippen LogP contribution is -2.51. The number of carbonyl (C=O) groups is 1. The molecule has 3 rings (SSSR count). The zero-order valence-corrected chi connectivity index (χ0v) is 13.9. The van der Waals surface area contributed by atoms with Crippen molar-refractivity contribution in [3.05, 3.63) is 36.0 Å². The van der Waals surface area contributed by atoms with E-state index in [0.717, 1.165) is 37.6 Å². The third-order valence-electron chi connectivity index (χ3n) is 4.64. The predicted molar refractivity (Wildman–Crippen MR) is 91.8 cm³/mol. The van der Waals surface area contributed by atoms with Gasteiger partial charge in [0.25, 0.3) is 0 Å². The third kappa shape index (κ3) is 3.78. The summed E-state index contributed by atoms with van der Waals surface area (Å²) in [5.74, 6) is 1.58. The second kappa shape index (κ2) is 6.94. The average Bonchev–Trinajstić information content (AvgIpc) is 3.44. The number of rotatable bonds is 4. The van der Waals surface area contributed by atoms with Gasteiger partial charge in [-0.2, -0.15) is 0 Å². The van der Waals surface area contributed by atoms with E-state index in [0.29, 0.717) is 5.92 Å². The molecule has 0 bridgehead atoms. The second-order valence-corrected chi connectivity index (χ2v) is 6.26. The molecule has 0 aromatic heterocycles. The van der Waals surface area contributed by atoms with Crippen LogP contribution in [0.2, 0.25) is 0 Å². The number of nitrogens with one attached hydrogen (secondary N) is 1. The van der Waals surface area contributed by atoms with Crippen LogP contribution in [0.15, 0.2) is 36.0 Å². The average molecular weight is 315 g/mol. The Hall–Kier alpha value is -2.17. The van der Waals surface area contributed by atoms with Crippen LogP contribution in [-0.2, 0) is 0 Å². The lowest BCUT2D eigenvalue weighted by atomic mass is 10.2. The highest BCUT2D eigenvalue weighted by Gasteiger charge is 2.24. The van der Waals surface area contributed by atoms with Gasteiger partial charge in [0.05, 0.1) is 12.8 Å². The van der Waals surface area contributed by atoms with Gasteiger partial charge in [-0.05, 0) is 37.8 Å². The number of piperazine rings is 1. The van der Waals surface area contributed by atoms with E-state index in [4.69, 9.17) is 4.74 Å². The summed E-state index contributed by atoms with van der Waals surface area (Å²) in [6.07, 6.45) is 4.40. The summed E-state index contributed by atoms with van der Waals surface area (Å²) in [7, 11) is 1.69. The van der Waals surface area contributed by atoms with Gasteiger partial charge < -0.3 is 19.9 Å². The van der Waals surface area contributed by atoms with Gasteiger partial charge >= 0.3 is 6.03 Å². The smallest absolute Gasteiger partial charge is 0.321 e. The van der Waals surface area contributed by atoms with Gasteiger partial charge in [-0.3, -0.25) is 0 Å². The summed E-state index contributed by atoms with van der Waals surface area (Å²) in [5, 5.41) is 2.93. The molecular weight excluding hydrogens is 290 g/mol. The van der Waals surface area contributed by atoms with Crippen molar-refractivity contribution >= 4 is 11.7 Å². The number of urea groups is 1. The molecule has 0 spiro atoms. The van der Waals surface area contributed by atoms with Crippen molar-refractivity contribution < 1.29 is 9.53 Å². The van der Waals surface area contributed by atoms with Gasteiger partial charge in [-0.15, -0.1) is 0 Å². The number of amides is 2. The van der Waals surface area contributed by atoms with E-state index in [1.165, 1.54) is 18.4 Å². The number of allylic oxidation sites excluding steroid dienone is 1. The highest BCUT2D eigenvalue weighted by atomic mass is 16.5. The molecule has 2 fully saturated rings. The van der Waals surface area contributed by atoms with Gasteiger partial charge in [0.1, 0.15) is 5.75 Å². The molecule has 1 aromatic rings. The zero-order chi connectivity index (χ0) is 16.2. The number of nitrogens with zero attached hydrogens (tertiary/aromatic N) is 2. The van der Waals surface area contributed by atoms with Gasteiger partial charge in [0.2, 0.25) is 0 Å². The molecule has 2 aliphatic rings. The maximum Gasteiger partial charge on any atom is 0.321 e. The SMILES string of the molecule is COc1ccccc1N1CCN(C(=O)N/C=C(\C)C2CC2)CC1. The Morgan fingerprint density at radius 2 is 1.91 bits per heavy atom. The van der Waals surface area contributed by atoms with Crippen molar-refractivity contribution in [3.63, 3.8) is 0 Å². The second-order valence-electron chi connectivity index (χ2n) is 6.26. The first-order chi connectivity index (χ1) is 11.2. The summed E-state index contributed by atoms with van der Waals surface area (Å²) in [6.45, 7) is 5.18. The van der Waals surface area contributed by atoms with Crippen molar-refractivity contribution in [2.75, 3.05) is 38.2 Å². The van der Waals surface area contributed by atoms with Crippen LogP contribution >= 0.6 is 0 Å². The highest BCUT2D eigenvalue weighted by molar-refractivity contribution is 5.75. The molecule has 1 saturated heterocycles. The standard InChI is InChI=1S/C18H25N3O2/c1-14(15-7-8-15)13-19-18(22)21-11-9-20(10-12-21)16-5-3-4-6-17(16)23-2/h3-6,13,15H,7-12H2,1-2H3,(H,19,22)/b14-13+. The summed E-state index contributed by atoms with van der Waals surface area (Å²) < 4.78 is 5.42. The predicted octanol–water partition coefficient (Wildman–Crippen LogP) is 2.84. The number of anilines is 1. The van der Waals surface area contributed by atoms with E-state index in [2.05, 4.69) is 23.2 Å². The monoisotopic (exact) mass is 315 g/mol. The molecule has 1 heterocycles. The van der Waals surface area contributed by atoms with Crippen molar-refractivity contribution in [2.45, 2.75) is 19.8 Å². The summed E-state index contributed by atoms with van der Waals surface area (Å²) in [5.41, 5.74) is 2.38. The molecule has 0 atom stereocenters. The van der Waals surface area contributed by atoms with Gasteiger partial charge in [0, 0.05) is 32.4 Å². The van der Waals surface area contributed by atoms with Crippen molar-refractivity contribution in [2.24, 2.45) is 5.92 Å². The van der Waals surface area contributed by atoms with Crippen LogP contribution in [0.3, 0.4) is 0 Å². The van der Waals surface area contributed by atoms with E-state index in [-0.39, 0.29) is 6.03 Å². The van der Waals surface area contributed by atoms with E-state index in [1.54, 1.807) is 7.11 Å². The summed E-state index contributed by atoms with van der Waals surface area (Å²) in [4.78, 5) is 16.4. The fourth-order valence-corrected chi connectivity index (χ4v) is 2.96. The van der Waals surface area contributed by atoms with Crippen LogP contribution in [0.5, 0.6) is 5.75 Å². The Morgan fingerprint density at radius 3 is 2.57 bits per heavy atom. The normalized spacial score (nSPS) is 18.8. The van der Waals surface area contributed by atoms with Gasteiger partial charge in [0.15, 0.2) is 0 Å². The molecule has 5 nitrogen and oxygen atoms in total. The Labute approximate surface area is 137 Å². The first kappa shape index (κ1) is 15.7. The molecule has 0 unspecified atom stereocenters. The fourth-order valence-electron chi connectivity index (χ4n) is 2.96. The lowest BCUT2D eigenvalue weighted by molar-refractivity contribution is 0.198. The number of carbonyl (C=O) groups excluding carboxylic acids is 1. The maximum absolute atomic E-state index is 12.2. The third-order valence-corrected chi connectivity index (χ3v) is 4.64. The molecule has 1 N–H and O–H groups in total. The number of para-hydroxylation sites is 2. The fraction of sp³-hybridized carbons (Fsp3) is 0.500. The highest BCUT2D eigenvalue weighted by Crippen LogP contribution is 2.35. The van der Waals surface area contributed by atoms with Crippen LogP contribution in [0.4, 0.5) is 10.5 Å². The molecule has 1 aromatic carbocycles. The lowest BCUT2D eigenvalue weighted by Gasteiger charge is -2.36. The Kier molecular flexibility index (Phi) is 4.74. The molecular formula is C18H25N3O2. The van der Waals surface area contributed by atoms with Crippen molar-refractivity contribution in [1.82, 2.24) is 10.2 Å². The van der Waals surface area contributed by atoms with Gasteiger partial charge in [-0.25, -0.2) is 4.79 Å². The van der Waals surface area contributed by atoms with Crippen molar-refractivity contribution in [3.8, 4) is 5.75 Å². The largest absolute Gasteiger partial charge is 0.495 e. The molecule has 1 aliphatic heterocycles. The first-order valence-electron chi connectivity index (χ1n) is 8.29. The minimum atomic E-state index is 0.00433. The molecule has 1 saturated carbocycles. The van der Waals surface area contributed by atoms with E-state index in [1.807, 2.05) is 29.3 Å². The maximum atomic E-state index is 12.2. The first-order valence-corrected chi connectivity index (χ1v) is 8.29. The minimum absolute atomic E-state index is 0.00433. The topological polar surface area (TPSA) is 44.8 Å². The number of hydrogen-bond donors (Lipinski definition) is 1. The van der Waals surface area contributed by atoms with Crippen LogP contribution in [0.25, 0.3) is 0 Å². The minimum Gasteiger partial charge on any atom is -0.495 e. The molecule has 124 valence electrons. The van der Waals surface area contributed by atoms with Crippen LogP contribution in [0.1, 0.15) is 19.8 Å². The molecule has 2 amide bonds. The molecule has 0 radical (unpaired) electrons. The molecule has 23 heavy (non-hydrogen) atoms. The van der Waals surface area contributed by atoms with Crippen molar-refractivity contribution in [1.29, 1.82) is 0 Å². The summed E-state index contributed by atoms with van der Waals surface area (Å²) in [6, 6.07) is 8.03.